The van der Waals surface area contributed by atoms with E-state index in [9.17, 15) is 14.0 Å². The third-order valence-corrected chi connectivity index (χ3v) is 5.19. The summed E-state index contributed by atoms with van der Waals surface area (Å²) in [4.78, 5) is 28.9. The zero-order valence-corrected chi connectivity index (χ0v) is 17.4. The Hall–Kier alpha value is -3.68. The Labute approximate surface area is 178 Å². The second-order valence-electron chi connectivity index (χ2n) is 7.46. The second-order valence-corrected chi connectivity index (χ2v) is 7.46. The number of aromatic nitrogens is 1. The van der Waals surface area contributed by atoms with Gasteiger partial charge in [-0.05, 0) is 49.7 Å². The van der Waals surface area contributed by atoms with Crippen LogP contribution in [0.15, 0.2) is 46.9 Å². The summed E-state index contributed by atoms with van der Waals surface area (Å²) in [5.74, 6) is 0.634. The Morgan fingerprint density at radius 3 is 2.52 bits per heavy atom. The van der Waals surface area contributed by atoms with Crippen molar-refractivity contribution in [3.8, 4) is 22.6 Å². The molecule has 1 N–H and O–H groups in total. The van der Waals surface area contributed by atoms with E-state index in [1.165, 1.54) is 17.9 Å². The lowest BCUT2D eigenvalue weighted by Gasteiger charge is -2.14. The fourth-order valence-corrected chi connectivity index (χ4v) is 3.39. The molecule has 1 fully saturated rings. The molecule has 2 aromatic carbocycles. The van der Waals surface area contributed by atoms with Gasteiger partial charge >= 0.3 is 6.09 Å². The maximum Gasteiger partial charge on any atom is 0.414 e. The van der Waals surface area contributed by atoms with Gasteiger partial charge in [-0.25, -0.2) is 14.2 Å². The standard InChI is InChI=1S/C23H22FN3O4/c1-13-14(2)30-22(26-13)17-6-4-16(5-7-17)20-9-8-18(10-21(20)24)27-12-19(31-23(27)29)11-25-15(3)28/h4-10,19H,11-12H2,1-3H3,(H,25,28)/t19-/m0/s1. The Bertz CT molecular complexity index is 1120. The van der Waals surface area contributed by atoms with Crippen molar-refractivity contribution in [2.45, 2.75) is 26.9 Å². The summed E-state index contributed by atoms with van der Waals surface area (Å²) in [6, 6.07) is 11.9. The third kappa shape index (κ3) is 4.28. The first kappa shape index (κ1) is 20.6. The number of carbonyl (C=O) groups excluding carboxylic acids is 2. The van der Waals surface area contributed by atoms with E-state index in [1.807, 2.05) is 26.0 Å². The first-order valence-electron chi connectivity index (χ1n) is 9.89. The number of amides is 2. The lowest BCUT2D eigenvalue weighted by Crippen LogP contribution is -2.33. The molecule has 1 aromatic heterocycles. The molecule has 4 rings (SSSR count). The number of aryl methyl sites for hydroxylation is 2. The average Bonchev–Trinajstić information content (AvgIpc) is 3.28. The largest absolute Gasteiger partial charge is 0.442 e. The number of anilines is 1. The van der Waals surface area contributed by atoms with Gasteiger partial charge in [0.25, 0.3) is 0 Å². The molecule has 8 heteroatoms. The maximum absolute atomic E-state index is 14.9. The van der Waals surface area contributed by atoms with E-state index in [-0.39, 0.29) is 19.0 Å². The van der Waals surface area contributed by atoms with Crippen LogP contribution in [0.1, 0.15) is 18.4 Å². The molecular weight excluding hydrogens is 401 g/mol. The van der Waals surface area contributed by atoms with Crippen LogP contribution in [0.25, 0.3) is 22.6 Å². The number of rotatable bonds is 5. The molecule has 0 bridgehead atoms. The van der Waals surface area contributed by atoms with Crippen molar-refractivity contribution in [3.05, 3.63) is 59.7 Å². The molecule has 160 valence electrons. The predicted molar refractivity (Wildman–Crippen MR) is 113 cm³/mol. The molecule has 0 saturated carbocycles. The Balaban J connectivity index is 1.51. The molecule has 1 aliphatic rings. The number of ether oxygens (including phenoxy) is 1. The van der Waals surface area contributed by atoms with Crippen LogP contribution in [0.3, 0.4) is 0 Å². The Kier molecular flexibility index (Phi) is 5.46. The minimum absolute atomic E-state index is 0.205. The fraction of sp³-hybridized carbons (Fsp3) is 0.261. The highest BCUT2D eigenvalue weighted by molar-refractivity contribution is 5.90. The zero-order chi connectivity index (χ0) is 22.1. The van der Waals surface area contributed by atoms with Gasteiger partial charge in [-0.15, -0.1) is 0 Å². The molecule has 2 heterocycles. The quantitative estimate of drug-likeness (QED) is 0.664. The van der Waals surface area contributed by atoms with Crippen LogP contribution in [0.5, 0.6) is 0 Å². The molecule has 2 amide bonds. The van der Waals surface area contributed by atoms with Gasteiger partial charge in [0.1, 0.15) is 17.7 Å². The Morgan fingerprint density at radius 2 is 1.90 bits per heavy atom. The zero-order valence-electron chi connectivity index (χ0n) is 17.4. The van der Waals surface area contributed by atoms with Crippen LogP contribution in [-0.2, 0) is 9.53 Å². The van der Waals surface area contributed by atoms with E-state index < -0.39 is 18.0 Å². The van der Waals surface area contributed by atoms with Crippen molar-refractivity contribution in [1.29, 1.82) is 0 Å². The number of benzene rings is 2. The smallest absolute Gasteiger partial charge is 0.414 e. The minimum Gasteiger partial charge on any atom is -0.442 e. The first-order chi connectivity index (χ1) is 14.8. The van der Waals surface area contributed by atoms with Gasteiger partial charge < -0.3 is 14.5 Å². The van der Waals surface area contributed by atoms with Crippen LogP contribution in [0.4, 0.5) is 14.9 Å². The summed E-state index contributed by atoms with van der Waals surface area (Å²) in [5.41, 5.74) is 3.15. The number of cyclic esters (lactones) is 1. The fourth-order valence-electron chi connectivity index (χ4n) is 3.39. The molecule has 1 aliphatic heterocycles. The van der Waals surface area contributed by atoms with Gasteiger partial charge in [-0.2, -0.15) is 0 Å². The van der Waals surface area contributed by atoms with E-state index in [2.05, 4.69) is 10.3 Å². The number of nitrogens with zero attached hydrogens (tertiary/aromatic N) is 2. The van der Waals surface area contributed by atoms with Gasteiger partial charge in [-0.1, -0.05) is 12.1 Å². The topological polar surface area (TPSA) is 84.7 Å². The van der Waals surface area contributed by atoms with Gasteiger partial charge in [0, 0.05) is 18.1 Å². The highest BCUT2D eigenvalue weighted by Crippen LogP contribution is 2.31. The monoisotopic (exact) mass is 423 g/mol. The van der Waals surface area contributed by atoms with Gasteiger partial charge in [-0.3, -0.25) is 9.69 Å². The average molecular weight is 423 g/mol. The van der Waals surface area contributed by atoms with Crippen LogP contribution in [0, 0.1) is 19.7 Å². The maximum atomic E-state index is 14.9. The van der Waals surface area contributed by atoms with E-state index in [0.29, 0.717) is 22.7 Å². The lowest BCUT2D eigenvalue weighted by atomic mass is 10.0. The van der Waals surface area contributed by atoms with Gasteiger partial charge in [0.2, 0.25) is 11.8 Å². The lowest BCUT2D eigenvalue weighted by molar-refractivity contribution is -0.119. The normalized spacial score (nSPS) is 15.8. The highest BCUT2D eigenvalue weighted by Gasteiger charge is 2.32. The van der Waals surface area contributed by atoms with Crippen molar-refractivity contribution < 1.29 is 23.1 Å². The molecule has 31 heavy (non-hydrogen) atoms. The summed E-state index contributed by atoms with van der Waals surface area (Å²) in [6.45, 7) is 5.58. The molecule has 0 aliphatic carbocycles. The second kappa shape index (κ2) is 8.22. The highest BCUT2D eigenvalue weighted by atomic mass is 19.1. The third-order valence-electron chi connectivity index (χ3n) is 5.19. The molecule has 0 spiro atoms. The van der Waals surface area contributed by atoms with Gasteiger partial charge in [0.15, 0.2) is 0 Å². The molecule has 1 saturated heterocycles. The number of halogens is 1. The number of oxazole rings is 1. The van der Waals surface area contributed by atoms with Crippen molar-refractivity contribution in [1.82, 2.24) is 10.3 Å². The van der Waals surface area contributed by atoms with Crippen molar-refractivity contribution >= 4 is 17.7 Å². The summed E-state index contributed by atoms with van der Waals surface area (Å²) >= 11 is 0. The van der Waals surface area contributed by atoms with E-state index in [4.69, 9.17) is 9.15 Å². The molecule has 0 radical (unpaired) electrons. The summed E-state index contributed by atoms with van der Waals surface area (Å²) in [7, 11) is 0. The molecular formula is C23H22FN3O4. The molecule has 7 nitrogen and oxygen atoms in total. The summed E-state index contributed by atoms with van der Waals surface area (Å²) in [6.07, 6.45) is -1.04. The van der Waals surface area contributed by atoms with Crippen LogP contribution in [0.2, 0.25) is 0 Å². The molecule has 0 unspecified atom stereocenters. The molecule has 1 atom stereocenters. The number of carbonyl (C=O) groups is 2. The predicted octanol–water partition coefficient (Wildman–Crippen LogP) is 4.23. The number of hydrogen-bond acceptors (Lipinski definition) is 5. The van der Waals surface area contributed by atoms with E-state index >= 15 is 0 Å². The van der Waals surface area contributed by atoms with E-state index in [0.717, 1.165) is 17.0 Å². The summed E-state index contributed by atoms with van der Waals surface area (Å²) < 4.78 is 25.7. The SMILES string of the molecule is CC(=O)NC[C@H]1CN(c2ccc(-c3ccc(-c4nc(C)c(C)o4)cc3)c(F)c2)C(=O)O1. The van der Waals surface area contributed by atoms with Crippen LogP contribution in [-0.4, -0.2) is 36.2 Å². The van der Waals surface area contributed by atoms with Crippen LogP contribution >= 0.6 is 0 Å². The minimum atomic E-state index is -0.566. The number of hydrogen-bond donors (Lipinski definition) is 1. The summed E-state index contributed by atoms with van der Waals surface area (Å²) in [5, 5.41) is 2.61. The number of nitrogens with one attached hydrogen (secondary N) is 1. The van der Waals surface area contributed by atoms with Crippen molar-refractivity contribution in [3.63, 3.8) is 0 Å². The first-order valence-corrected chi connectivity index (χ1v) is 9.89. The van der Waals surface area contributed by atoms with Crippen molar-refractivity contribution in [2.75, 3.05) is 18.0 Å². The molecule has 3 aromatic rings. The van der Waals surface area contributed by atoms with Crippen molar-refractivity contribution in [2.24, 2.45) is 0 Å². The van der Waals surface area contributed by atoms with Crippen LogP contribution < -0.4 is 10.2 Å². The van der Waals surface area contributed by atoms with Gasteiger partial charge in [0.05, 0.1) is 24.5 Å². The Morgan fingerprint density at radius 1 is 1.19 bits per heavy atom. The van der Waals surface area contributed by atoms with E-state index in [1.54, 1.807) is 24.3 Å².